The number of Topliss-reactive ketones (excluding diaryl/α,β-unsaturated/α-hetero) is 1. The summed E-state index contributed by atoms with van der Waals surface area (Å²) in [7, 11) is 0. The van der Waals surface area contributed by atoms with Crippen LogP contribution in [0.4, 0.5) is 13.2 Å². The van der Waals surface area contributed by atoms with E-state index in [4.69, 9.17) is 11.6 Å². The van der Waals surface area contributed by atoms with Crippen molar-refractivity contribution in [1.82, 2.24) is 9.55 Å². The molecule has 114 valence electrons. The van der Waals surface area contributed by atoms with Gasteiger partial charge in [-0.3, -0.25) is 4.79 Å². The number of carbonyl (C=O) groups excluding carboxylic acids is 1. The normalized spacial score (nSPS) is 12.4. The number of aromatic nitrogens is 2. The Labute approximate surface area is 124 Å². The summed E-state index contributed by atoms with van der Waals surface area (Å²) in [5.74, 6) is -2.20. The first-order valence-electron chi connectivity index (χ1n) is 6.27. The molecule has 0 spiro atoms. The van der Waals surface area contributed by atoms with E-state index in [0.717, 1.165) is 6.07 Å². The average molecular weight is 319 g/mol. The molecule has 21 heavy (non-hydrogen) atoms. The van der Waals surface area contributed by atoms with Gasteiger partial charge in [-0.25, -0.2) is 18.2 Å². The Balaban J connectivity index is 2.70. The van der Waals surface area contributed by atoms with Crippen LogP contribution in [0.15, 0.2) is 12.3 Å². The second-order valence-corrected chi connectivity index (χ2v) is 6.39. The van der Waals surface area contributed by atoms with Crippen molar-refractivity contribution in [3.05, 3.63) is 28.8 Å². The lowest BCUT2D eigenvalue weighted by Crippen LogP contribution is -2.15. The van der Waals surface area contributed by atoms with E-state index in [1.807, 2.05) is 20.8 Å². The molecule has 0 atom stereocenters. The number of hydrogen-bond acceptors (Lipinski definition) is 2. The molecule has 0 aliphatic carbocycles. The zero-order valence-corrected chi connectivity index (χ0v) is 12.5. The minimum absolute atomic E-state index is 0.0476. The van der Waals surface area contributed by atoms with E-state index in [2.05, 4.69) is 4.98 Å². The molecule has 0 radical (unpaired) electrons. The zero-order chi connectivity index (χ0) is 15.9. The number of fused-ring (bicyclic) bond motifs is 1. The molecule has 0 unspecified atom stereocenters. The molecule has 2 aromatic rings. The summed E-state index contributed by atoms with van der Waals surface area (Å²) < 4.78 is 40.4. The highest BCUT2D eigenvalue weighted by Gasteiger charge is 2.25. The highest BCUT2D eigenvalue weighted by atomic mass is 35.5. The van der Waals surface area contributed by atoms with E-state index in [-0.39, 0.29) is 27.2 Å². The molecule has 0 aliphatic heterocycles. The minimum atomic E-state index is -3.16. The van der Waals surface area contributed by atoms with Crippen LogP contribution in [0.25, 0.3) is 11.0 Å². The fraction of sp³-hybridized carbons (Fsp3) is 0.429. The Morgan fingerprint density at radius 2 is 2.05 bits per heavy atom. The van der Waals surface area contributed by atoms with Gasteiger partial charge in [0, 0.05) is 18.1 Å². The third-order valence-electron chi connectivity index (χ3n) is 2.87. The van der Waals surface area contributed by atoms with Crippen molar-refractivity contribution in [3.63, 3.8) is 0 Å². The van der Waals surface area contributed by atoms with Crippen LogP contribution >= 0.6 is 11.6 Å². The molecule has 7 heteroatoms. The summed E-state index contributed by atoms with van der Waals surface area (Å²) in [4.78, 5) is 15.5. The quantitative estimate of drug-likeness (QED) is 0.624. The molecule has 2 rings (SSSR count). The fourth-order valence-corrected chi connectivity index (χ4v) is 2.24. The van der Waals surface area contributed by atoms with Crippen LogP contribution in [0, 0.1) is 11.2 Å². The smallest absolute Gasteiger partial charge is 0.300 e. The van der Waals surface area contributed by atoms with Gasteiger partial charge in [-0.2, -0.15) is 0 Å². The van der Waals surface area contributed by atoms with Gasteiger partial charge in [-0.05, 0) is 11.5 Å². The Kier molecular flexibility index (Phi) is 4.02. The van der Waals surface area contributed by atoms with Crippen molar-refractivity contribution < 1.29 is 18.0 Å². The largest absolute Gasteiger partial charge is 0.331 e. The van der Waals surface area contributed by atoms with Gasteiger partial charge in [-0.15, -0.1) is 0 Å². The number of rotatable bonds is 3. The number of carbonyl (C=O) groups is 1. The molecule has 2 heterocycles. The first kappa shape index (κ1) is 15.8. The van der Waals surface area contributed by atoms with E-state index < -0.39 is 18.0 Å². The topological polar surface area (TPSA) is 34.9 Å². The number of pyridine rings is 1. The second kappa shape index (κ2) is 5.33. The molecular formula is C14H14ClF3N2O. The molecule has 0 fully saturated rings. The number of nitrogens with zero attached hydrogens (tertiary/aromatic N) is 2. The van der Waals surface area contributed by atoms with Crippen molar-refractivity contribution >= 4 is 28.4 Å². The van der Waals surface area contributed by atoms with Crippen LogP contribution in [0.2, 0.25) is 5.15 Å². The standard InChI is InChI=1S/C14H14ClF3N2O/c1-14(2,3)6-20-5-8(10(21)12(17)18)7-4-9(16)11(15)19-13(7)20/h4-5,12H,6H2,1-3H3. The molecule has 0 aliphatic rings. The van der Waals surface area contributed by atoms with Gasteiger partial charge >= 0.3 is 6.43 Å². The van der Waals surface area contributed by atoms with E-state index in [1.54, 1.807) is 4.57 Å². The Hall–Kier alpha value is -1.56. The molecule has 2 aromatic heterocycles. The highest BCUT2D eigenvalue weighted by Crippen LogP contribution is 2.28. The van der Waals surface area contributed by atoms with Gasteiger partial charge in [0.15, 0.2) is 11.0 Å². The van der Waals surface area contributed by atoms with Gasteiger partial charge in [0.05, 0.1) is 5.56 Å². The van der Waals surface area contributed by atoms with E-state index in [9.17, 15) is 18.0 Å². The molecule has 0 aromatic carbocycles. The van der Waals surface area contributed by atoms with Gasteiger partial charge in [0.1, 0.15) is 5.65 Å². The predicted molar refractivity (Wildman–Crippen MR) is 74.5 cm³/mol. The van der Waals surface area contributed by atoms with Crippen molar-refractivity contribution in [1.29, 1.82) is 0 Å². The maximum absolute atomic E-state index is 13.5. The average Bonchev–Trinajstić information content (AvgIpc) is 2.65. The third-order valence-corrected chi connectivity index (χ3v) is 3.13. The molecule has 0 saturated heterocycles. The van der Waals surface area contributed by atoms with Crippen molar-refractivity contribution in [2.24, 2.45) is 5.41 Å². The lowest BCUT2D eigenvalue weighted by Gasteiger charge is -2.19. The molecular weight excluding hydrogens is 305 g/mol. The molecule has 0 N–H and O–H groups in total. The number of alkyl halides is 2. The Bertz CT molecular complexity index is 704. The van der Waals surface area contributed by atoms with Gasteiger partial charge in [0.2, 0.25) is 5.78 Å². The van der Waals surface area contributed by atoms with Crippen LogP contribution in [0.1, 0.15) is 31.1 Å². The van der Waals surface area contributed by atoms with Crippen LogP contribution in [0.3, 0.4) is 0 Å². The first-order chi connectivity index (χ1) is 9.60. The lowest BCUT2D eigenvalue weighted by atomic mass is 9.97. The van der Waals surface area contributed by atoms with Crippen LogP contribution in [-0.2, 0) is 6.54 Å². The summed E-state index contributed by atoms with van der Waals surface area (Å²) in [5.41, 5.74) is -0.202. The third kappa shape index (κ3) is 3.20. The Morgan fingerprint density at radius 1 is 1.43 bits per heavy atom. The summed E-state index contributed by atoms with van der Waals surface area (Å²) in [6.45, 7) is 6.25. The lowest BCUT2D eigenvalue weighted by molar-refractivity contribution is 0.0680. The first-order valence-corrected chi connectivity index (χ1v) is 6.65. The van der Waals surface area contributed by atoms with Crippen LogP contribution in [-0.4, -0.2) is 21.8 Å². The van der Waals surface area contributed by atoms with Crippen molar-refractivity contribution in [3.8, 4) is 0 Å². The summed E-state index contributed by atoms with van der Waals surface area (Å²) in [6, 6.07) is 0.972. The van der Waals surface area contributed by atoms with Gasteiger partial charge < -0.3 is 4.57 Å². The molecule has 0 amide bonds. The Morgan fingerprint density at radius 3 is 2.57 bits per heavy atom. The van der Waals surface area contributed by atoms with E-state index in [1.165, 1.54) is 6.20 Å². The number of ketones is 1. The van der Waals surface area contributed by atoms with Crippen molar-refractivity contribution in [2.75, 3.05) is 0 Å². The van der Waals surface area contributed by atoms with Crippen LogP contribution in [0.5, 0.6) is 0 Å². The van der Waals surface area contributed by atoms with Gasteiger partial charge in [0.25, 0.3) is 0 Å². The summed E-state index contributed by atoms with van der Waals surface area (Å²) in [5, 5.41) is -0.307. The van der Waals surface area contributed by atoms with Gasteiger partial charge in [-0.1, -0.05) is 32.4 Å². The van der Waals surface area contributed by atoms with Crippen LogP contribution < -0.4 is 0 Å². The van der Waals surface area contributed by atoms with E-state index >= 15 is 0 Å². The minimum Gasteiger partial charge on any atom is -0.331 e. The zero-order valence-electron chi connectivity index (χ0n) is 11.8. The highest BCUT2D eigenvalue weighted by molar-refractivity contribution is 6.30. The van der Waals surface area contributed by atoms with E-state index in [0.29, 0.717) is 6.54 Å². The second-order valence-electron chi connectivity index (χ2n) is 6.03. The molecule has 0 bridgehead atoms. The molecule has 0 saturated carbocycles. The van der Waals surface area contributed by atoms with Crippen molar-refractivity contribution in [2.45, 2.75) is 33.7 Å². The maximum atomic E-state index is 13.5. The monoisotopic (exact) mass is 318 g/mol. The molecule has 3 nitrogen and oxygen atoms in total. The summed E-state index contributed by atoms with van der Waals surface area (Å²) >= 11 is 5.65. The maximum Gasteiger partial charge on any atom is 0.300 e. The predicted octanol–water partition coefficient (Wildman–Crippen LogP) is 4.32. The number of hydrogen-bond donors (Lipinski definition) is 0. The fourth-order valence-electron chi connectivity index (χ4n) is 2.11. The SMILES string of the molecule is CC(C)(C)Cn1cc(C(=O)C(F)F)c2cc(F)c(Cl)nc21. The summed E-state index contributed by atoms with van der Waals surface area (Å²) in [6.07, 6.45) is -1.87. The number of halogens is 4.